The van der Waals surface area contributed by atoms with E-state index >= 15 is 0 Å². The van der Waals surface area contributed by atoms with Crippen LogP contribution < -0.4 is 4.74 Å². The van der Waals surface area contributed by atoms with Crippen LogP contribution >= 0.6 is 0 Å². The minimum Gasteiger partial charge on any atom is -0.507 e. The number of methoxy groups -OCH3 is 1. The molecule has 7 rings (SSSR count). The summed E-state index contributed by atoms with van der Waals surface area (Å²) in [5.41, 5.74) is 9.19. The summed E-state index contributed by atoms with van der Waals surface area (Å²) >= 11 is 0. The van der Waals surface area contributed by atoms with E-state index in [1.54, 1.807) is 7.11 Å². The zero-order chi connectivity index (χ0) is 31.5. The number of ether oxygens (including phenoxy) is 1. The molecule has 1 aliphatic rings. The van der Waals surface area contributed by atoms with E-state index < -0.39 is 0 Å². The molecule has 6 aromatic rings. The summed E-state index contributed by atoms with van der Waals surface area (Å²) in [6.07, 6.45) is 3.98. The lowest BCUT2D eigenvalue weighted by Crippen LogP contribution is -2.33. The third-order valence-electron chi connectivity index (χ3n) is 9.80. The highest BCUT2D eigenvalue weighted by Crippen LogP contribution is 2.52. The number of phenolic OH excluding ortho intramolecular Hbond substituents is 2. The topological polar surface area (TPSA) is 49.7 Å². The van der Waals surface area contributed by atoms with E-state index in [0.29, 0.717) is 5.92 Å². The molecular formula is C43H38O3. The Labute approximate surface area is 271 Å². The fraction of sp³-hybridized carbons (Fsp3) is 0.163. The molecule has 1 saturated carbocycles. The molecule has 0 aromatic heterocycles. The van der Waals surface area contributed by atoms with Gasteiger partial charge in [-0.15, -0.1) is 0 Å². The van der Waals surface area contributed by atoms with Crippen molar-refractivity contribution < 1.29 is 14.9 Å². The molecule has 0 spiro atoms. The van der Waals surface area contributed by atoms with Crippen LogP contribution in [0, 0.1) is 0 Å². The molecule has 46 heavy (non-hydrogen) atoms. The van der Waals surface area contributed by atoms with Crippen molar-refractivity contribution in [1.29, 1.82) is 0 Å². The molecule has 1 fully saturated rings. The third kappa shape index (κ3) is 5.54. The lowest BCUT2D eigenvalue weighted by Gasteiger charge is -2.43. The monoisotopic (exact) mass is 602 g/mol. The Morgan fingerprint density at radius 2 is 1.07 bits per heavy atom. The molecule has 0 saturated heterocycles. The van der Waals surface area contributed by atoms with E-state index in [-0.39, 0.29) is 16.9 Å². The van der Waals surface area contributed by atoms with Crippen LogP contribution in [0.1, 0.15) is 48.3 Å². The smallest absolute Gasteiger partial charge is 0.126 e. The molecule has 3 heteroatoms. The predicted molar refractivity (Wildman–Crippen MR) is 188 cm³/mol. The first-order chi connectivity index (χ1) is 22.6. The van der Waals surface area contributed by atoms with Crippen molar-refractivity contribution in [2.45, 2.75) is 37.0 Å². The molecule has 0 aliphatic heterocycles. The lowest BCUT2D eigenvalue weighted by molar-refractivity contribution is 0.310. The van der Waals surface area contributed by atoms with Crippen molar-refractivity contribution in [3.8, 4) is 50.6 Å². The van der Waals surface area contributed by atoms with Crippen LogP contribution in [0.3, 0.4) is 0 Å². The molecule has 0 radical (unpaired) electrons. The highest BCUT2D eigenvalue weighted by Gasteiger charge is 2.41. The fourth-order valence-corrected chi connectivity index (χ4v) is 7.44. The first-order valence-corrected chi connectivity index (χ1v) is 16.1. The Balaban J connectivity index is 1.39. The van der Waals surface area contributed by atoms with Gasteiger partial charge < -0.3 is 14.9 Å². The largest absolute Gasteiger partial charge is 0.507 e. The third-order valence-corrected chi connectivity index (χ3v) is 9.80. The number of phenols is 2. The first-order valence-electron chi connectivity index (χ1n) is 16.1. The maximum atomic E-state index is 11.0. The normalized spacial score (nSPS) is 15.7. The van der Waals surface area contributed by atoms with Gasteiger partial charge in [-0.1, -0.05) is 116 Å². The maximum Gasteiger partial charge on any atom is 0.126 e. The lowest BCUT2D eigenvalue weighted by atomic mass is 9.60. The SMILES string of the molecule is COc1ccc(C2CCCC(c3ccc(O)c(-c4ccccc4)c3)(c3ccc(O)c(-c4ccccc4)c3)C2)cc1-c1ccccc1. The van der Waals surface area contributed by atoms with Gasteiger partial charge in [-0.3, -0.25) is 0 Å². The second-order valence-electron chi connectivity index (χ2n) is 12.4. The van der Waals surface area contributed by atoms with Gasteiger partial charge >= 0.3 is 0 Å². The second kappa shape index (κ2) is 12.6. The van der Waals surface area contributed by atoms with E-state index in [1.807, 2.05) is 78.9 Å². The van der Waals surface area contributed by atoms with Gasteiger partial charge in [0.15, 0.2) is 0 Å². The maximum absolute atomic E-state index is 11.0. The molecule has 1 unspecified atom stereocenters. The average molecular weight is 603 g/mol. The van der Waals surface area contributed by atoms with Crippen molar-refractivity contribution in [2.75, 3.05) is 7.11 Å². The van der Waals surface area contributed by atoms with E-state index in [0.717, 1.165) is 64.8 Å². The predicted octanol–water partition coefficient (Wildman–Crippen LogP) is 10.8. The standard InChI is InChI=1S/C43H38O3/c1-46-42-24-19-33(26-39(42)32-16-9-4-10-17-32)34-18-11-25-43(29-34,35-20-22-40(44)37(27-35)30-12-5-2-6-13-30)36-21-23-41(45)38(28-36)31-14-7-3-8-15-31/h2-10,12-17,19-24,26-28,34,44-45H,11,18,25,29H2,1H3. The average Bonchev–Trinajstić information content (AvgIpc) is 3.13. The van der Waals surface area contributed by atoms with Gasteiger partial charge in [-0.25, -0.2) is 0 Å². The van der Waals surface area contributed by atoms with Gasteiger partial charge in [-0.05, 0) is 95.0 Å². The summed E-state index contributed by atoms with van der Waals surface area (Å²) in [5, 5.41) is 22.1. The second-order valence-corrected chi connectivity index (χ2v) is 12.4. The van der Waals surface area contributed by atoms with Gasteiger partial charge in [0, 0.05) is 22.1 Å². The van der Waals surface area contributed by atoms with Crippen molar-refractivity contribution >= 4 is 0 Å². The summed E-state index contributed by atoms with van der Waals surface area (Å²) in [4.78, 5) is 0. The molecule has 1 aliphatic carbocycles. The number of hydrogen-bond donors (Lipinski definition) is 2. The van der Waals surface area contributed by atoms with Gasteiger partial charge in [0.25, 0.3) is 0 Å². The number of benzene rings is 6. The number of rotatable bonds is 7. The quantitative estimate of drug-likeness (QED) is 0.191. The van der Waals surface area contributed by atoms with Crippen molar-refractivity contribution in [1.82, 2.24) is 0 Å². The Kier molecular flexibility index (Phi) is 8.07. The molecule has 0 heterocycles. The Morgan fingerprint density at radius 1 is 0.565 bits per heavy atom. The van der Waals surface area contributed by atoms with Crippen LogP contribution in [0.15, 0.2) is 146 Å². The highest BCUT2D eigenvalue weighted by molar-refractivity contribution is 5.74. The summed E-state index contributed by atoms with van der Waals surface area (Å²) in [6.45, 7) is 0. The molecule has 0 bridgehead atoms. The fourth-order valence-electron chi connectivity index (χ4n) is 7.44. The van der Waals surface area contributed by atoms with Crippen LogP contribution in [0.5, 0.6) is 17.2 Å². The van der Waals surface area contributed by atoms with E-state index in [4.69, 9.17) is 4.74 Å². The van der Waals surface area contributed by atoms with E-state index in [9.17, 15) is 10.2 Å². The molecule has 0 amide bonds. The van der Waals surface area contributed by atoms with E-state index in [1.165, 1.54) is 16.7 Å². The van der Waals surface area contributed by atoms with Crippen molar-refractivity contribution in [2.24, 2.45) is 0 Å². The van der Waals surface area contributed by atoms with Gasteiger partial charge in [0.1, 0.15) is 17.2 Å². The molecular weight excluding hydrogens is 564 g/mol. The van der Waals surface area contributed by atoms with Crippen LogP contribution in [0.25, 0.3) is 33.4 Å². The summed E-state index contributed by atoms with van der Waals surface area (Å²) in [7, 11) is 1.73. The zero-order valence-corrected chi connectivity index (χ0v) is 26.1. The Morgan fingerprint density at radius 3 is 1.57 bits per heavy atom. The summed E-state index contributed by atoms with van der Waals surface area (Å²) < 4.78 is 5.81. The molecule has 3 nitrogen and oxygen atoms in total. The Hall–Kier alpha value is -5.28. The van der Waals surface area contributed by atoms with E-state index in [2.05, 4.69) is 66.7 Å². The van der Waals surface area contributed by atoms with Crippen molar-refractivity contribution in [3.05, 3.63) is 162 Å². The van der Waals surface area contributed by atoms with Gasteiger partial charge in [0.05, 0.1) is 7.11 Å². The van der Waals surface area contributed by atoms with Crippen LogP contribution in [0.2, 0.25) is 0 Å². The molecule has 2 N–H and O–H groups in total. The number of hydrogen-bond acceptors (Lipinski definition) is 3. The van der Waals surface area contributed by atoms with Crippen LogP contribution in [0.4, 0.5) is 0 Å². The molecule has 6 aromatic carbocycles. The van der Waals surface area contributed by atoms with Crippen LogP contribution in [-0.4, -0.2) is 17.3 Å². The summed E-state index contributed by atoms with van der Waals surface area (Å²) in [6, 6.07) is 49.6. The molecule has 1 atom stereocenters. The molecule has 228 valence electrons. The first kappa shape index (κ1) is 29.4. The minimum absolute atomic E-state index is 0.274. The number of aromatic hydroxyl groups is 2. The summed E-state index contributed by atoms with van der Waals surface area (Å²) in [5.74, 6) is 1.71. The van der Waals surface area contributed by atoms with Crippen molar-refractivity contribution in [3.63, 3.8) is 0 Å². The zero-order valence-electron chi connectivity index (χ0n) is 26.1. The highest BCUT2D eigenvalue weighted by atomic mass is 16.5. The van der Waals surface area contributed by atoms with Gasteiger partial charge in [0.2, 0.25) is 0 Å². The van der Waals surface area contributed by atoms with Gasteiger partial charge in [-0.2, -0.15) is 0 Å². The Bertz CT molecular complexity index is 1860. The van der Waals surface area contributed by atoms with Crippen LogP contribution in [-0.2, 0) is 5.41 Å². The minimum atomic E-state index is -0.343.